The van der Waals surface area contributed by atoms with Gasteiger partial charge in [0.05, 0.1) is 15.3 Å². The number of sulfone groups is 1. The number of aromatic nitrogens is 3. The highest BCUT2D eigenvalue weighted by atomic mass is 35.5. The number of carbonyl (C=O) groups is 2. The Morgan fingerprint density at radius 2 is 1.91 bits per heavy atom. The predicted octanol–water partition coefficient (Wildman–Crippen LogP) is 2.08. The van der Waals surface area contributed by atoms with Crippen LogP contribution < -0.4 is 20.7 Å². The molecule has 186 valence electrons. The van der Waals surface area contributed by atoms with E-state index in [1.807, 2.05) is 4.90 Å². The molecule has 1 aliphatic heterocycles. The van der Waals surface area contributed by atoms with Crippen LogP contribution >= 0.6 is 23.2 Å². The van der Waals surface area contributed by atoms with Crippen molar-refractivity contribution in [3.63, 3.8) is 0 Å². The number of H-pyrrole nitrogens is 1. The minimum atomic E-state index is -3.51. The van der Waals surface area contributed by atoms with E-state index in [0.717, 1.165) is 0 Å². The van der Waals surface area contributed by atoms with Gasteiger partial charge in [-0.1, -0.05) is 23.2 Å². The summed E-state index contributed by atoms with van der Waals surface area (Å²) in [6.07, 6.45) is 1.18. The maximum Gasteiger partial charge on any atom is 0.320 e. The van der Waals surface area contributed by atoms with Crippen LogP contribution in [0.5, 0.6) is 6.01 Å². The number of piperidine rings is 1. The maximum absolute atomic E-state index is 12.6. The summed E-state index contributed by atoms with van der Waals surface area (Å²) in [5, 5.41) is 2.80. The number of hydrogen-bond donors (Lipinski definition) is 3. The summed E-state index contributed by atoms with van der Waals surface area (Å²) >= 11 is 12.2. The molecular weight excluding hydrogens is 507 g/mol. The Balaban J connectivity index is 1.67. The van der Waals surface area contributed by atoms with Crippen LogP contribution in [0.15, 0.2) is 6.07 Å². The first-order valence-corrected chi connectivity index (χ1v) is 13.0. The Bertz CT molecular complexity index is 1190. The monoisotopic (exact) mass is 532 g/mol. The number of ether oxygens (including phenoxy) is 1. The summed E-state index contributed by atoms with van der Waals surface area (Å²) in [6.45, 7) is 5.80. The van der Waals surface area contributed by atoms with E-state index in [4.69, 9.17) is 33.7 Å². The molecule has 34 heavy (non-hydrogen) atoms. The summed E-state index contributed by atoms with van der Waals surface area (Å²) in [7, 11) is -3.51. The molecule has 1 aliphatic rings. The fourth-order valence-electron chi connectivity index (χ4n) is 3.28. The van der Waals surface area contributed by atoms with Gasteiger partial charge in [-0.3, -0.25) is 9.59 Å². The van der Waals surface area contributed by atoms with Crippen LogP contribution in [0.25, 0.3) is 0 Å². The Morgan fingerprint density at radius 3 is 2.44 bits per heavy atom. The SMILES string of the molecule is Cc1[nH]c(C(=O)NC2CCN(c3cc(C(N)=O)nc(OCS(=O)(=O)C(C)C)n3)CC2)c(Cl)c1Cl. The number of halogens is 2. The molecule has 0 radical (unpaired) electrons. The molecule has 1 fully saturated rings. The van der Waals surface area contributed by atoms with E-state index in [9.17, 15) is 18.0 Å². The van der Waals surface area contributed by atoms with Gasteiger partial charge in [0, 0.05) is 30.9 Å². The number of aryl methyl sites for hydroxylation is 1. The van der Waals surface area contributed by atoms with Gasteiger partial charge < -0.3 is 25.7 Å². The lowest BCUT2D eigenvalue weighted by Gasteiger charge is -2.33. The second-order valence-electron chi connectivity index (χ2n) is 8.22. The van der Waals surface area contributed by atoms with Crippen molar-refractivity contribution in [2.75, 3.05) is 23.9 Å². The van der Waals surface area contributed by atoms with E-state index in [-0.39, 0.29) is 34.4 Å². The van der Waals surface area contributed by atoms with E-state index in [1.165, 1.54) is 19.9 Å². The molecule has 14 heteroatoms. The molecule has 0 saturated carbocycles. The second kappa shape index (κ2) is 10.4. The highest BCUT2D eigenvalue weighted by molar-refractivity contribution is 7.91. The van der Waals surface area contributed by atoms with Crippen molar-refractivity contribution in [3.8, 4) is 6.01 Å². The lowest BCUT2D eigenvalue weighted by Crippen LogP contribution is -2.45. The highest BCUT2D eigenvalue weighted by Gasteiger charge is 2.26. The van der Waals surface area contributed by atoms with Crippen LogP contribution in [-0.2, 0) is 9.84 Å². The number of nitrogens with zero attached hydrogens (tertiary/aromatic N) is 3. The second-order valence-corrected chi connectivity index (χ2v) is 11.5. The van der Waals surface area contributed by atoms with Gasteiger partial charge >= 0.3 is 6.01 Å². The zero-order valence-corrected chi connectivity index (χ0v) is 21.2. The van der Waals surface area contributed by atoms with Crippen LogP contribution in [-0.4, -0.2) is 65.5 Å². The number of aromatic amines is 1. The fraction of sp³-hybridized carbons (Fsp3) is 0.500. The van der Waals surface area contributed by atoms with Crippen molar-refractivity contribution in [1.82, 2.24) is 20.3 Å². The van der Waals surface area contributed by atoms with Crippen molar-refractivity contribution in [2.45, 2.75) is 44.9 Å². The van der Waals surface area contributed by atoms with E-state index < -0.39 is 26.9 Å². The van der Waals surface area contributed by atoms with Crippen molar-refractivity contribution in [1.29, 1.82) is 0 Å². The Kier molecular flexibility index (Phi) is 7.94. The van der Waals surface area contributed by atoms with Gasteiger partial charge in [-0.2, -0.15) is 9.97 Å². The zero-order chi connectivity index (χ0) is 25.2. The number of anilines is 1. The van der Waals surface area contributed by atoms with Gasteiger partial charge in [0.1, 0.15) is 17.2 Å². The molecule has 4 N–H and O–H groups in total. The number of primary amides is 1. The molecule has 1 saturated heterocycles. The van der Waals surface area contributed by atoms with Gasteiger partial charge in [-0.15, -0.1) is 0 Å². The third kappa shape index (κ3) is 5.91. The standard InChI is InChI=1S/C20H26Cl2N6O5S/c1-10(2)34(31,32)9-33-20-26-13(18(23)29)8-14(27-20)28-6-4-12(5-7-28)25-19(30)17-16(22)15(21)11(3)24-17/h8,10,12,24H,4-7,9H2,1-3H3,(H2,23,29)(H,25,30). The van der Waals surface area contributed by atoms with Crippen molar-refractivity contribution >= 4 is 50.7 Å². The molecule has 0 unspecified atom stereocenters. The summed E-state index contributed by atoms with van der Waals surface area (Å²) in [4.78, 5) is 37.2. The first-order chi connectivity index (χ1) is 15.9. The van der Waals surface area contributed by atoms with E-state index in [1.54, 1.807) is 6.92 Å². The first-order valence-electron chi connectivity index (χ1n) is 10.5. The molecule has 0 bridgehead atoms. The molecular formula is C20H26Cl2N6O5S. The smallest absolute Gasteiger partial charge is 0.320 e. The summed E-state index contributed by atoms with van der Waals surface area (Å²) in [5.74, 6) is -1.39. The minimum Gasteiger partial charge on any atom is -0.447 e. The van der Waals surface area contributed by atoms with Crippen molar-refractivity contribution in [2.24, 2.45) is 5.73 Å². The van der Waals surface area contributed by atoms with Crippen LogP contribution in [0.1, 0.15) is 53.4 Å². The van der Waals surface area contributed by atoms with Crippen LogP contribution in [0, 0.1) is 6.92 Å². The summed E-state index contributed by atoms with van der Waals surface area (Å²) in [5.41, 5.74) is 6.11. The molecule has 0 aromatic carbocycles. The Hall–Kier alpha value is -2.57. The Labute approximate surface area is 207 Å². The quantitative estimate of drug-likeness (QED) is 0.465. The van der Waals surface area contributed by atoms with E-state index >= 15 is 0 Å². The number of amides is 2. The third-order valence-electron chi connectivity index (χ3n) is 5.45. The molecule has 2 aromatic rings. The largest absolute Gasteiger partial charge is 0.447 e. The zero-order valence-electron chi connectivity index (χ0n) is 18.9. The summed E-state index contributed by atoms with van der Waals surface area (Å²) < 4.78 is 29.4. The Morgan fingerprint density at radius 1 is 1.26 bits per heavy atom. The topological polar surface area (TPSA) is 160 Å². The predicted molar refractivity (Wildman–Crippen MR) is 128 cm³/mol. The molecule has 2 amide bonds. The van der Waals surface area contributed by atoms with Crippen molar-refractivity contribution < 1.29 is 22.7 Å². The molecule has 0 atom stereocenters. The average Bonchev–Trinajstić information content (AvgIpc) is 3.05. The highest BCUT2D eigenvalue weighted by Crippen LogP contribution is 2.29. The lowest BCUT2D eigenvalue weighted by atomic mass is 10.0. The molecule has 11 nitrogen and oxygen atoms in total. The number of nitrogens with two attached hydrogens (primary N) is 1. The van der Waals surface area contributed by atoms with Crippen LogP contribution in [0.4, 0.5) is 5.82 Å². The van der Waals surface area contributed by atoms with Crippen LogP contribution in [0.3, 0.4) is 0 Å². The van der Waals surface area contributed by atoms with Gasteiger partial charge in [-0.25, -0.2) is 8.42 Å². The molecule has 3 rings (SSSR count). The lowest BCUT2D eigenvalue weighted by molar-refractivity contribution is 0.0925. The molecule has 0 spiro atoms. The number of carbonyl (C=O) groups excluding carboxylic acids is 2. The molecule has 3 heterocycles. The normalized spacial score (nSPS) is 14.9. The van der Waals surface area contributed by atoms with Gasteiger partial charge in [0.15, 0.2) is 15.8 Å². The molecule has 0 aliphatic carbocycles. The third-order valence-corrected chi connectivity index (χ3v) is 8.28. The fourth-order valence-corrected chi connectivity index (χ4v) is 4.23. The minimum absolute atomic E-state index is 0.0917. The average molecular weight is 533 g/mol. The maximum atomic E-state index is 12.6. The van der Waals surface area contributed by atoms with E-state index in [2.05, 4.69) is 20.3 Å². The molecule has 2 aromatic heterocycles. The van der Waals surface area contributed by atoms with E-state index in [0.29, 0.717) is 42.5 Å². The van der Waals surface area contributed by atoms with Crippen LogP contribution in [0.2, 0.25) is 10.0 Å². The number of nitrogens with one attached hydrogen (secondary N) is 2. The number of hydrogen-bond acceptors (Lipinski definition) is 8. The van der Waals surface area contributed by atoms with Gasteiger partial charge in [-0.05, 0) is 33.6 Å². The summed E-state index contributed by atoms with van der Waals surface area (Å²) in [6, 6.07) is 1.06. The van der Waals surface area contributed by atoms with Crippen molar-refractivity contribution in [3.05, 3.63) is 33.2 Å². The first kappa shape index (κ1) is 26.0. The van der Waals surface area contributed by atoms with Gasteiger partial charge in [0.2, 0.25) is 0 Å². The van der Waals surface area contributed by atoms with Gasteiger partial charge in [0.25, 0.3) is 11.8 Å². The number of rotatable bonds is 8.